The van der Waals surface area contributed by atoms with Crippen LogP contribution in [0.4, 0.5) is 5.69 Å². The Morgan fingerprint density at radius 2 is 1.62 bits per heavy atom. The number of carbonyl (C=O) groups is 2. The van der Waals surface area contributed by atoms with Crippen molar-refractivity contribution in [3.63, 3.8) is 0 Å². The maximum atomic E-state index is 12.5. The summed E-state index contributed by atoms with van der Waals surface area (Å²) in [4.78, 5) is 24.6. The third kappa shape index (κ3) is 6.04. The Morgan fingerprint density at radius 3 is 2.41 bits per heavy atom. The lowest BCUT2D eigenvalue weighted by Crippen LogP contribution is -2.25. The van der Waals surface area contributed by atoms with Crippen LogP contribution in [0.25, 0.3) is 0 Å². The highest BCUT2D eigenvalue weighted by molar-refractivity contribution is 6.05. The topological polar surface area (TPSA) is 79.8 Å². The summed E-state index contributed by atoms with van der Waals surface area (Å²) in [6.07, 6.45) is 0. The first-order chi connectivity index (χ1) is 15.3. The Bertz CT molecular complexity index is 1170. The maximum Gasteiger partial charge on any atom is 0.277 e. The van der Waals surface area contributed by atoms with Gasteiger partial charge in [0.1, 0.15) is 5.75 Å². The van der Waals surface area contributed by atoms with Crippen LogP contribution in [-0.2, 0) is 4.79 Å². The predicted octanol–water partition coefficient (Wildman–Crippen LogP) is 4.78. The number of hydrogen-bond acceptors (Lipinski definition) is 4. The highest BCUT2D eigenvalue weighted by atomic mass is 16.5. The van der Waals surface area contributed by atoms with Crippen molar-refractivity contribution < 1.29 is 14.3 Å². The molecule has 0 heterocycles. The molecule has 0 aliphatic rings. The molecule has 0 bridgehead atoms. The second-order valence-electron chi connectivity index (χ2n) is 7.62. The van der Waals surface area contributed by atoms with Gasteiger partial charge in [0, 0.05) is 11.3 Å². The Hall–Kier alpha value is -3.93. The van der Waals surface area contributed by atoms with Gasteiger partial charge in [-0.25, -0.2) is 5.43 Å². The lowest BCUT2D eigenvalue weighted by atomic mass is 10.1. The number of aryl methyl sites for hydroxylation is 2. The van der Waals surface area contributed by atoms with E-state index in [1.807, 2.05) is 75.4 Å². The van der Waals surface area contributed by atoms with Crippen molar-refractivity contribution in [2.24, 2.45) is 5.10 Å². The minimum Gasteiger partial charge on any atom is -0.483 e. The molecule has 3 rings (SSSR count). The predicted molar refractivity (Wildman–Crippen MR) is 127 cm³/mol. The molecular weight excluding hydrogens is 402 g/mol. The summed E-state index contributed by atoms with van der Waals surface area (Å²) in [5.41, 5.74) is 8.27. The van der Waals surface area contributed by atoms with E-state index >= 15 is 0 Å². The first-order valence-electron chi connectivity index (χ1n) is 10.3. The molecule has 2 amide bonds. The fraction of sp³-hybridized carbons (Fsp3) is 0.192. The Balaban J connectivity index is 1.59. The van der Waals surface area contributed by atoms with Crippen molar-refractivity contribution in [3.05, 3.63) is 94.5 Å². The smallest absolute Gasteiger partial charge is 0.277 e. The van der Waals surface area contributed by atoms with Gasteiger partial charge in [0.05, 0.1) is 5.71 Å². The average Bonchev–Trinajstić information content (AvgIpc) is 2.78. The molecule has 0 aromatic heterocycles. The molecule has 3 aromatic carbocycles. The molecule has 0 aliphatic carbocycles. The van der Waals surface area contributed by atoms with Crippen LogP contribution in [0, 0.1) is 20.8 Å². The number of anilines is 1. The summed E-state index contributed by atoms with van der Waals surface area (Å²) < 4.78 is 5.60. The second kappa shape index (κ2) is 10.4. The highest BCUT2D eigenvalue weighted by Crippen LogP contribution is 2.20. The molecule has 32 heavy (non-hydrogen) atoms. The van der Waals surface area contributed by atoms with E-state index in [0.717, 1.165) is 22.3 Å². The number of carbonyl (C=O) groups excluding carboxylic acids is 2. The molecule has 0 radical (unpaired) electrons. The van der Waals surface area contributed by atoms with Crippen LogP contribution in [0.5, 0.6) is 5.75 Å². The highest BCUT2D eigenvalue weighted by Gasteiger charge is 2.09. The minimum absolute atomic E-state index is 0.131. The van der Waals surface area contributed by atoms with E-state index in [-0.39, 0.29) is 18.4 Å². The van der Waals surface area contributed by atoms with E-state index < -0.39 is 0 Å². The van der Waals surface area contributed by atoms with Crippen LogP contribution >= 0.6 is 0 Å². The third-order valence-electron chi connectivity index (χ3n) is 5.08. The fourth-order valence-electron chi connectivity index (χ4n) is 3.08. The number of nitrogens with one attached hydrogen (secondary N) is 2. The zero-order chi connectivity index (χ0) is 23.1. The summed E-state index contributed by atoms with van der Waals surface area (Å²) >= 11 is 0. The molecular formula is C26H27N3O3. The summed E-state index contributed by atoms with van der Waals surface area (Å²) in [6.45, 7) is 7.54. The lowest BCUT2D eigenvalue weighted by Gasteiger charge is -2.10. The summed E-state index contributed by atoms with van der Waals surface area (Å²) in [5.74, 6) is 0.143. The molecule has 0 atom stereocenters. The van der Waals surface area contributed by atoms with E-state index in [0.29, 0.717) is 22.7 Å². The van der Waals surface area contributed by atoms with Gasteiger partial charge in [-0.1, -0.05) is 42.0 Å². The third-order valence-corrected chi connectivity index (χ3v) is 5.08. The van der Waals surface area contributed by atoms with Crippen molar-refractivity contribution in [1.82, 2.24) is 5.43 Å². The molecule has 0 saturated carbocycles. The monoisotopic (exact) mass is 429 g/mol. The van der Waals surface area contributed by atoms with Gasteiger partial charge >= 0.3 is 0 Å². The Labute approximate surface area is 188 Å². The molecule has 164 valence electrons. The van der Waals surface area contributed by atoms with E-state index in [1.165, 1.54) is 0 Å². The van der Waals surface area contributed by atoms with Crippen LogP contribution < -0.4 is 15.5 Å². The van der Waals surface area contributed by atoms with Gasteiger partial charge in [0.2, 0.25) is 0 Å². The SMILES string of the molecule is CC(=NNC(=O)COc1cccc(C)c1C)c1cccc(NC(=O)c2cccc(C)c2)c1. The number of hydrazone groups is 1. The van der Waals surface area contributed by atoms with E-state index in [9.17, 15) is 9.59 Å². The number of benzene rings is 3. The van der Waals surface area contributed by atoms with Crippen molar-refractivity contribution >= 4 is 23.2 Å². The van der Waals surface area contributed by atoms with E-state index in [1.54, 1.807) is 19.1 Å². The first-order valence-corrected chi connectivity index (χ1v) is 10.3. The molecule has 3 aromatic rings. The number of amides is 2. The van der Waals surface area contributed by atoms with Crippen LogP contribution in [-0.4, -0.2) is 24.1 Å². The number of rotatable bonds is 7. The molecule has 0 unspecified atom stereocenters. The zero-order valence-electron chi connectivity index (χ0n) is 18.7. The molecule has 0 saturated heterocycles. The lowest BCUT2D eigenvalue weighted by molar-refractivity contribution is -0.123. The van der Waals surface area contributed by atoms with Crippen LogP contribution in [0.1, 0.15) is 39.5 Å². The fourth-order valence-corrected chi connectivity index (χ4v) is 3.08. The quantitative estimate of drug-likeness (QED) is 0.419. The standard InChI is InChI=1S/C26H27N3O3/c1-17-8-5-11-22(14-17)26(31)27-23-12-7-10-21(15-23)20(4)28-29-25(30)16-32-24-13-6-9-18(2)19(24)3/h5-15H,16H2,1-4H3,(H,27,31)(H,29,30). The molecule has 6 heteroatoms. The molecule has 0 fully saturated rings. The average molecular weight is 430 g/mol. The summed E-state index contributed by atoms with van der Waals surface area (Å²) in [7, 11) is 0. The normalized spacial score (nSPS) is 11.1. The second-order valence-corrected chi connectivity index (χ2v) is 7.62. The van der Waals surface area contributed by atoms with Crippen LogP contribution in [0.15, 0.2) is 71.8 Å². The molecule has 6 nitrogen and oxygen atoms in total. The molecule has 0 aliphatic heterocycles. The van der Waals surface area contributed by atoms with E-state index in [2.05, 4.69) is 15.8 Å². The van der Waals surface area contributed by atoms with Crippen LogP contribution in [0.2, 0.25) is 0 Å². The van der Waals surface area contributed by atoms with Crippen molar-refractivity contribution in [2.75, 3.05) is 11.9 Å². The molecule has 0 spiro atoms. The van der Waals surface area contributed by atoms with Crippen LogP contribution in [0.3, 0.4) is 0 Å². The van der Waals surface area contributed by atoms with Gasteiger partial charge < -0.3 is 10.1 Å². The zero-order valence-corrected chi connectivity index (χ0v) is 18.7. The largest absolute Gasteiger partial charge is 0.483 e. The number of ether oxygens (including phenoxy) is 1. The first kappa shape index (κ1) is 22.7. The van der Waals surface area contributed by atoms with Gasteiger partial charge in [0.15, 0.2) is 6.61 Å². The van der Waals surface area contributed by atoms with Crippen molar-refractivity contribution in [2.45, 2.75) is 27.7 Å². The number of hydrogen-bond donors (Lipinski definition) is 2. The van der Waals surface area contributed by atoms with Crippen molar-refractivity contribution in [3.8, 4) is 5.75 Å². The minimum atomic E-state index is -0.353. The van der Waals surface area contributed by atoms with Gasteiger partial charge in [0.25, 0.3) is 11.8 Å². The Kier molecular flexibility index (Phi) is 7.39. The van der Waals surface area contributed by atoms with E-state index in [4.69, 9.17) is 4.74 Å². The van der Waals surface area contributed by atoms with Gasteiger partial charge in [-0.05, 0) is 74.7 Å². The summed E-state index contributed by atoms with van der Waals surface area (Å²) in [5, 5.41) is 7.05. The summed E-state index contributed by atoms with van der Waals surface area (Å²) in [6, 6.07) is 20.4. The van der Waals surface area contributed by atoms with Gasteiger partial charge in [-0.15, -0.1) is 0 Å². The van der Waals surface area contributed by atoms with Gasteiger partial charge in [-0.3, -0.25) is 9.59 Å². The van der Waals surface area contributed by atoms with Gasteiger partial charge in [-0.2, -0.15) is 5.10 Å². The Morgan fingerprint density at radius 1 is 0.906 bits per heavy atom. The number of nitrogens with zero attached hydrogens (tertiary/aromatic N) is 1. The maximum absolute atomic E-state index is 12.5. The van der Waals surface area contributed by atoms with Crippen molar-refractivity contribution in [1.29, 1.82) is 0 Å². The molecule has 2 N–H and O–H groups in total.